The van der Waals surface area contributed by atoms with Gasteiger partial charge in [0.05, 0.1) is 10.4 Å². The van der Waals surface area contributed by atoms with Crippen molar-refractivity contribution in [2.45, 2.75) is 13.8 Å². The lowest BCUT2D eigenvalue weighted by Crippen LogP contribution is -1.99. The Morgan fingerprint density at radius 2 is 1.89 bits per heavy atom. The van der Waals surface area contributed by atoms with Crippen LogP contribution in [0.2, 0.25) is 0 Å². The molecule has 0 aliphatic heterocycles. The molecular formula is C15H15N3S. The number of nitrogens with zero attached hydrogens (tertiary/aromatic N) is 2. The lowest BCUT2D eigenvalue weighted by Gasteiger charge is -2.09. The maximum Gasteiger partial charge on any atom is 0.172 e. The highest BCUT2D eigenvalue weighted by atomic mass is 32.1. The summed E-state index contributed by atoms with van der Waals surface area (Å²) in [7, 11) is 1.90. The van der Waals surface area contributed by atoms with E-state index in [1.807, 2.05) is 19.2 Å². The fraction of sp³-hybridized carbons (Fsp3) is 0.200. The standard InChI is InChI=1S/C15H15N3S/c1-9-5-4-6-11-13(9)15(16-3)18-14(17-11)12-8-7-10(2)19-12/h4-8H,1-3H3,(H,16,17,18). The van der Waals surface area contributed by atoms with E-state index in [4.69, 9.17) is 0 Å². The summed E-state index contributed by atoms with van der Waals surface area (Å²) in [5.74, 6) is 1.68. The summed E-state index contributed by atoms with van der Waals surface area (Å²) in [5.41, 5.74) is 2.18. The molecule has 0 saturated carbocycles. The molecule has 0 aliphatic rings. The first-order valence-electron chi connectivity index (χ1n) is 6.21. The van der Waals surface area contributed by atoms with Crippen LogP contribution in [0, 0.1) is 13.8 Å². The summed E-state index contributed by atoms with van der Waals surface area (Å²) >= 11 is 1.72. The van der Waals surface area contributed by atoms with Crippen molar-refractivity contribution in [2.24, 2.45) is 0 Å². The Kier molecular flexibility index (Phi) is 2.95. The third-order valence-electron chi connectivity index (χ3n) is 3.13. The van der Waals surface area contributed by atoms with Crippen molar-refractivity contribution in [1.82, 2.24) is 9.97 Å². The summed E-state index contributed by atoms with van der Waals surface area (Å²) in [6.45, 7) is 4.18. The Hall–Kier alpha value is -1.94. The Bertz CT molecular complexity index is 746. The summed E-state index contributed by atoms with van der Waals surface area (Å²) in [6.07, 6.45) is 0. The maximum atomic E-state index is 4.69. The van der Waals surface area contributed by atoms with Gasteiger partial charge in [-0.2, -0.15) is 0 Å². The van der Waals surface area contributed by atoms with Crippen molar-refractivity contribution < 1.29 is 0 Å². The van der Waals surface area contributed by atoms with Gasteiger partial charge in [0, 0.05) is 17.3 Å². The van der Waals surface area contributed by atoms with Gasteiger partial charge < -0.3 is 5.32 Å². The first-order valence-corrected chi connectivity index (χ1v) is 7.02. The van der Waals surface area contributed by atoms with Crippen molar-refractivity contribution in [3.8, 4) is 10.7 Å². The van der Waals surface area contributed by atoms with Gasteiger partial charge in [-0.25, -0.2) is 9.97 Å². The highest BCUT2D eigenvalue weighted by molar-refractivity contribution is 7.15. The van der Waals surface area contributed by atoms with Crippen LogP contribution in [0.5, 0.6) is 0 Å². The lowest BCUT2D eigenvalue weighted by atomic mass is 10.1. The molecule has 3 rings (SSSR count). The Morgan fingerprint density at radius 1 is 1.05 bits per heavy atom. The van der Waals surface area contributed by atoms with Crippen LogP contribution in [0.4, 0.5) is 5.82 Å². The quantitative estimate of drug-likeness (QED) is 0.763. The van der Waals surface area contributed by atoms with Gasteiger partial charge in [0.2, 0.25) is 0 Å². The van der Waals surface area contributed by atoms with Crippen LogP contribution < -0.4 is 5.32 Å². The number of thiophene rings is 1. The smallest absolute Gasteiger partial charge is 0.172 e. The van der Waals surface area contributed by atoms with Gasteiger partial charge in [-0.15, -0.1) is 11.3 Å². The molecule has 0 atom stereocenters. The molecule has 1 aromatic carbocycles. The maximum absolute atomic E-state index is 4.69. The molecule has 0 spiro atoms. The number of aromatic nitrogens is 2. The number of benzene rings is 1. The molecule has 0 unspecified atom stereocenters. The summed E-state index contributed by atoms with van der Waals surface area (Å²) in [5, 5.41) is 4.28. The van der Waals surface area contributed by atoms with Crippen molar-refractivity contribution in [3.05, 3.63) is 40.8 Å². The molecule has 0 amide bonds. The molecule has 0 fully saturated rings. The van der Waals surface area contributed by atoms with Crippen LogP contribution in [0.15, 0.2) is 30.3 Å². The van der Waals surface area contributed by atoms with Crippen molar-refractivity contribution in [2.75, 3.05) is 12.4 Å². The van der Waals surface area contributed by atoms with Crippen LogP contribution in [0.1, 0.15) is 10.4 Å². The third kappa shape index (κ3) is 2.08. The van der Waals surface area contributed by atoms with Crippen LogP contribution in [0.25, 0.3) is 21.6 Å². The van der Waals surface area contributed by atoms with Gasteiger partial charge in [0.1, 0.15) is 5.82 Å². The van der Waals surface area contributed by atoms with Crippen molar-refractivity contribution in [3.63, 3.8) is 0 Å². The van der Waals surface area contributed by atoms with Gasteiger partial charge in [-0.1, -0.05) is 12.1 Å². The number of rotatable bonds is 2. The fourth-order valence-corrected chi connectivity index (χ4v) is 3.00. The average molecular weight is 269 g/mol. The van der Waals surface area contributed by atoms with E-state index >= 15 is 0 Å². The second-order valence-electron chi connectivity index (χ2n) is 4.53. The van der Waals surface area contributed by atoms with Gasteiger partial charge in [0.25, 0.3) is 0 Å². The van der Waals surface area contributed by atoms with E-state index in [1.165, 1.54) is 10.4 Å². The SMILES string of the molecule is CNc1nc(-c2ccc(C)s2)nc2cccc(C)c12. The number of fused-ring (bicyclic) bond motifs is 1. The predicted octanol–water partition coefficient (Wildman–Crippen LogP) is 4.02. The van der Waals surface area contributed by atoms with Crippen LogP contribution in [0.3, 0.4) is 0 Å². The predicted molar refractivity (Wildman–Crippen MR) is 81.9 cm³/mol. The van der Waals surface area contributed by atoms with Crippen molar-refractivity contribution >= 4 is 28.1 Å². The van der Waals surface area contributed by atoms with E-state index in [0.717, 1.165) is 27.4 Å². The van der Waals surface area contributed by atoms with Crippen LogP contribution >= 0.6 is 11.3 Å². The molecule has 96 valence electrons. The van der Waals surface area contributed by atoms with Crippen LogP contribution in [-0.4, -0.2) is 17.0 Å². The van der Waals surface area contributed by atoms with E-state index in [9.17, 15) is 0 Å². The number of nitrogens with one attached hydrogen (secondary N) is 1. The summed E-state index contributed by atoms with van der Waals surface area (Å²) in [6, 6.07) is 10.3. The molecule has 2 aromatic heterocycles. The number of hydrogen-bond acceptors (Lipinski definition) is 4. The van der Waals surface area contributed by atoms with Gasteiger partial charge >= 0.3 is 0 Å². The van der Waals surface area contributed by atoms with E-state index in [2.05, 4.69) is 47.3 Å². The molecule has 0 aliphatic carbocycles. The largest absolute Gasteiger partial charge is 0.373 e. The monoisotopic (exact) mass is 269 g/mol. The van der Waals surface area contributed by atoms with E-state index in [-0.39, 0.29) is 0 Å². The minimum absolute atomic E-state index is 0.792. The van der Waals surface area contributed by atoms with Crippen molar-refractivity contribution in [1.29, 1.82) is 0 Å². The summed E-state index contributed by atoms with van der Waals surface area (Å²) in [4.78, 5) is 11.7. The zero-order valence-corrected chi connectivity index (χ0v) is 12.0. The molecule has 19 heavy (non-hydrogen) atoms. The molecule has 3 nitrogen and oxygen atoms in total. The zero-order valence-electron chi connectivity index (χ0n) is 11.2. The Morgan fingerprint density at radius 3 is 2.58 bits per heavy atom. The van der Waals surface area contributed by atoms with Crippen LogP contribution in [-0.2, 0) is 0 Å². The highest BCUT2D eigenvalue weighted by Gasteiger charge is 2.11. The Balaban J connectivity index is 2.29. The minimum Gasteiger partial charge on any atom is -0.373 e. The Labute approximate surface area is 116 Å². The van der Waals surface area contributed by atoms with E-state index in [1.54, 1.807) is 11.3 Å². The summed E-state index contributed by atoms with van der Waals surface area (Å²) < 4.78 is 0. The topological polar surface area (TPSA) is 37.8 Å². The molecule has 4 heteroatoms. The van der Waals surface area contributed by atoms with Gasteiger partial charge in [-0.3, -0.25) is 0 Å². The van der Waals surface area contributed by atoms with E-state index < -0.39 is 0 Å². The number of hydrogen-bond donors (Lipinski definition) is 1. The number of aryl methyl sites for hydroxylation is 2. The van der Waals surface area contributed by atoms with Gasteiger partial charge in [0.15, 0.2) is 5.82 Å². The third-order valence-corrected chi connectivity index (χ3v) is 4.13. The molecule has 0 radical (unpaired) electrons. The van der Waals surface area contributed by atoms with Gasteiger partial charge in [-0.05, 0) is 37.6 Å². The highest BCUT2D eigenvalue weighted by Crippen LogP contribution is 2.30. The zero-order chi connectivity index (χ0) is 13.4. The average Bonchev–Trinajstić information content (AvgIpc) is 2.84. The fourth-order valence-electron chi connectivity index (χ4n) is 2.20. The molecule has 1 N–H and O–H groups in total. The second kappa shape index (κ2) is 4.63. The molecule has 0 saturated heterocycles. The number of anilines is 1. The molecule has 0 bridgehead atoms. The second-order valence-corrected chi connectivity index (χ2v) is 5.81. The minimum atomic E-state index is 0.792. The van der Waals surface area contributed by atoms with E-state index in [0.29, 0.717) is 0 Å². The normalized spacial score (nSPS) is 10.9. The first kappa shape index (κ1) is 12.1. The lowest BCUT2D eigenvalue weighted by molar-refractivity contribution is 1.22. The molecule has 3 aromatic rings. The molecule has 2 heterocycles. The first-order chi connectivity index (χ1) is 9.19. The molecular weight excluding hydrogens is 254 g/mol.